The van der Waals surface area contributed by atoms with Crippen molar-refractivity contribution in [3.8, 4) is 0 Å². The molecule has 0 atom stereocenters. The zero-order valence-corrected chi connectivity index (χ0v) is 4.94. The number of carbonyl (C=O) groups excluding carboxylic acids is 1. The molecule has 2 nitrogen and oxygen atoms in total. The summed E-state index contributed by atoms with van der Waals surface area (Å²) >= 11 is 0. The summed E-state index contributed by atoms with van der Waals surface area (Å²) in [5.74, 6) is 1.71. The lowest BCUT2D eigenvalue weighted by atomic mass is 10.4. The number of hydrogen-bond acceptors (Lipinski definition) is 2. The maximum Gasteiger partial charge on any atom is 0.125 e. The third-order valence-corrected chi connectivity index (χ3v) is 0.637. The maximum atomic E-state index is 9.75. The molecule has 2 heteroatoms. The first-order valence-corrected chi connectivity index (χ1v) is 2.39. The zero-order valence-electron chi connectivity index (χ0n) is 4.94. The van der Waals surface area contributed by atoms with Crippen LogP contribution in [0.4, 0.5) is 0 Å². The molecule has 0 bridgehead atoms. The minimum absolute atomic E-state index is 0.354. The fourth-order valence-corrected chi connectivity index (χ4v) is 0.255. The van der Waals surface area contributed by atoms with Gasteiger partial charge in [-0.15, -0.1) is 0 Å². The van der Waals surface area contributed by atoms with E-state index in [0.717, 1.165) is 0 Å². The molecule has 0 saturated heterocycles. The summed E-state index contributed by atoms with van der Waals surface area (Å²) in [4.78, 5) is 9.75. The lowest BCUT2D eigenvalue weighted by Crippen LogP contribution is -1.94. The van der Waals surface area contributed by atoms with Gasteiger partial charge in [0, 0.05) is 12.2 Å². The molecule has 45 valence electrons. The van der Waals surface area contributed by atoms with Crippen LogP contribution in [0.2, 0.25) is 0 Å². The van der Waals surface area contributed by atoms with Gasteiger partial charge in [-0.05, 0) is 13.8 Å². The van der Waals surface area contributed by atoms with E-state index in [1.54, 1.807) is 12.9 Å². The Morgan fingerprint density at radius 3 is 2.88 bits per heavy atom. The van der Waals surface area contributed by atoms with E-state index < -0.39 is 0 Å². The van der Waals surface area contributed by atoms with Crippen molar-refractivity contribution in [2.75, 3.05) is 13.2 Å². The summed E-state index contributed by atoms with van der Waals surface area (Å²) in [7, 11) is 0. The Hall–Kier alpha value is -0.590. The zero-order chi connectivity index (χ0) is 6.41. The average molecular weight is 113 g/mol. The highest BCUT2D eigenvalue weighted by Crippen LogP contribution is 1.84. The first-order valence-electron chi connectivity index (χ1n) is 2.39. The van der Waals surface area contributed by atoms with Crippen molar-refractivity contribution in [2.24, 2.45) is 0 Å². The molecule has 0 saturated carbocycles. The van der Waals surface area contributed by atoms with Gasteiger partial charge in [-0.1, -0.05) is 0 Å². The van der Waals surface area contributed by atoms with Crippen LogP contribution in [0.1, 0.15) is 6.92 Å². The van der Waals surface area contributed by atoms with Crippen molar-refractivity contribution in [3.05, 3.63) is 12.5 Å². The van der Waals surface area contributed by atoms with E-state index in [-0.39, 0.29) is 0 Å². The van der Waals surface area contributed by atoms with Gasteiger partial charge in [0.15, 0.2) is 0 Å². The summed E-state index contributed by atoms with van der Waals surface area (Å²) in [5, 5.41) is 0. The Bertz CT molecular complexity index is 101. The van der Waals surface area contributed by atoms with Gasteiger partial charge in [-0.3, -0.25) is 0 Å². The van der Waals surface area contributed by atoms with Gasteiger partial charge in [0.05, 0.1) is 6.61 Å². The second kappa shape index (κ2) is 4.57. The summed E-state index contributed by atoms with van der Waals surface area (Å²) in [6.07, 6.45) is 0. The summed E-state index contributed by atoms with van der Waals surface area (Å²) < 4.78 is 4.78. The topological polar surface area (TPSA) is 26.3 Å². The van der Waals surface area contributed by atoms with Crippen LogP contribution in [0.3, 0.4) is 0 Å². The Balaban J connectivity index is 3.26. The summed E-state index contributed by atoms with van der Waals surface area (Å²) in [6.45, 7) is 5.85. The molecule has 0 aliphatic carbocycles. The van der Waals surface area contributed by atoms with Crippen molar-refractivity contribution in [1.29, 1.82) is 0 Å². The van der Waals surface area contributed by atoms with E-state index in [4.69, 9.17) is 4.74 Å². The Labute approximate surface area is 49.1 Å². The first-order chi connectivity index (χ1) is 3.81. The van der Waals surface area contributed by atoms with Crippen LogP contribution in [0, 0.1) is 6.92 Å². The number of rotatable bonds is 3. The molecule has 0 heterocycles. The smallest absolute Gasteiger partial charge is 0.125 e. The standard InChI is InChI=1S/C6H9O2/c1-3-8-5-6(2)4-7/h1,3,5H2,2H3. The van der Waals surface area contributed by atoms with Crippen LogP contribution in [-0.2, 0) is 9.53 Å². The molecule has 0 rings (SSSR count). The monoisotopic (exact) mass is 113 g/mol. The molecule has 0 fully saturated rings. The molecule has 0 spiro atoms. The molecule has 0 aliphatic rings. The fraction of sp³-hybridized carbons (Fsp3) is 0.500. The first kappa shape index (κ1) is 7.41. The van der Waals surface area contributed by atoms with Gasteiger partial charge in [0.1, 0.15) is 5.94 Å². The lowest BCUT2D eigenvalue weighted by molar-refractivity contribution is 0.186. The fourth-order valence-electron chi connectivity index (χ4n) is 0.255. The average Bonchev–Trinajstić information content (AvgIpc) is 1.83. The maximum absolute atomic E-state index is 9.75. The van der Waals surface area contributed by atoms with E-state index in [1.807, 2.05) is 0 Å². The van der Waals surface area contributed by atoms with E-state index in [2.05, 4.69) is 6.92 Å². The van der Waals surface area contributed by atoms with E-state index in [9.17, 15) is 4.79 Å². The van der Waals surface area contributed by atoms with Crippen molar-refractivity contribution in [3.63, 3.8) is 0 Å². The molecular weight excluding hydrogens is 104 g/mol. The van der Waals surface area contributed by atoms with Crippen LogP contribution >= 0.6 is 0 Å². The molecule has 8 heavy (non-hydrogen) atoms. The summed E-state index contributed by atoms with van der Waals surface area (Å²) in [6, 6.07) is 0. The third-order valence-electron chi connectivity index (χ3n) is 0.637. The minimum Gasteiger partial charge on any atom is -0.376 e. The van der Waals surface area contributed by atoms with Crippen molar-refractivity contribution >= 4 is 5.94 Å². The molecule has 1 radical (unpaired) electrons. The van der Waals surface area contributed by atoms with E-state index in [0.29, 0.717) is 18.8 Å². The van der Waals surface area contributed by atoms with Gasteiger partial charge in [-0.25, -0.2) is 4.79 Å². The van der Waals surface area contributed by atoms with Crippen LogP contribution < -0.4 is 0 Å². The minimum atomic E-state index is 0.354. The van der Waals surface area contributed by atoms with E-state index >= 15 is 0 Å². The molecule has 0 aromatic heterocycles. The van der Waals surface area contributed by atoms with Crippen molar-refractivity contribution in [2.45, 2.75) is 6.92 Å². The number of hydrogen-bond donors (Lipinski definition) is 0. The van der Waals surface area contributed by atoms with Gasteiger partial charge < -0.3 is 4.74 Å². The molecule has 0 aromatic carbocycles. The Morgan fingerprint density at radius 2 is 2.50 bits per heavy atom. The van der Waals surface area contributed by atoms with Crippen LogP contribution in [0.5, 0.6) is 0 Å². The molecule has 0 aliphatic heterocycles. The van der Waals surface area contributed by atoms with Gasteiger partial charge in [-0.2, -0.15) is 0 Å². The second-order valence-corrected chi connectivity index (χ2v) is 1.43. The predicted molar refractivity (Wildman–Crippen MR) is 31.1 cm³/mol. The highest BCUT2D eigenvalue weighted by molar-refractivity contribution is 5.51. The highest BCUT2D eigenvalue weighted by Gasteiger charge is 1.85. The Kier molecular flexibility index (Phi) is 4.23. The highest BCUT2D eigenvalue weighted by atomic mass is 16.5. The molecule has 0 aromatic rings. The van der Waals surface area contributed by atoms with Gasteiger partial charge in [0.2, 0.25) is 0 Å². The van der Waals surface area contributed by atoms with Crippen molar-refractivity contribution < 1.29 is 9.53 Å². The summed E-state index contributed by atoms with van der Waals surface area (Å²) in [5.41, 5.74) is 0.577. The molecule has 0 unspecified atom stereocenters. The SMILES string of the molecule is [CH2]COCC(C)=C=O. The van der Waals surface area contributed by atoms with Crippen LogP contribution in [-0.4, -0.2) is 19.2 Å². The van der Waals surface area contributed by atoms with Crippen LogP contribution in [0.25, 0.3) is 0 Å². The van der Waals surface area contributed by atoms with Gasteiger partial charge in [0.25, 0.3) is 0 Å². The lowest BCUT2D eigenvalue weighted by Gasteiger charge is -1.93. The van der Waals surface area contributed by atoms with E-state index in [1.165, 1.54) is 0 Å². The normalized spacial score (nSPS) is 8.25. The molecule has 0 amide bonds. The quantitative estimate of drug-likeness (QED) is 0.501. The Morgan fingerprint density at radius 1 is 1.88 bits per heavy atom. The number of ether oxygens (including phenoxy) is 1. The molecular formula is C6H9O2. The predicted octanol–water partition coefficient (Wildman–Crippen LogP) is 0.615. The van der Waals surface area contributed by atoms with Crippen LogP contribution in [0.15, 0.2) is 5.57 Å². The largest absolute Gasteiger partial charge is 0.376 e. The second-order valence-electron chi connectivity index (χ2n) is 1.43. The van der Waals surface area contributed by atoms with Gasteiger partial charge >= 0.3 is 0 Å². The van der Waals surface area contributed by atoms with Crippen molar-refractivity contribution in [1.82, 2.24) is 0 Å². The third kappa shape index (κ3) is 3.59. The molecule has 0 N–H and O–H groups in total.